The van der Waals surface area contributed by atoms with Crippen LogP contribution in [-0.2, 0) is 14.3 Å². The van der Waals surface area contributed by atoms with Gasteiger partial charge in [-0.1, -0.05) is 0 Å². The van der Waals surface area contributed by atoms with E-state index in [0.29, 0.717) is 0 Å². The third-order valence-corrected chi connectivity index (χ3v) is 3.06. The fourth-order valence-corrected chi connectivity index (χ4v) is 1.82. The largest absolute Gasteiger partial charge is 0.464 e. The van der Waals surface area contributed by atoms with Gasteiger partial charge < -0.3 is 4.74 Å². The smallest absolute Gasteiger partial charge is 0.444 e. The van der Waals surface area contributed by atoms with Crippen LogP contribution in [-0.4, -0.2) is 60.2 Å². The second-order valence-electron chi connectivity index (χ2n) is 4.74. The van der Waals surface area contributed by atoms with Gasteiger partial charge in [-0.25, -0.2) is 13.9 Å². The summed E-state index contributed by atoms with van der Waals surface area (Å²) >= 11 is 0. The standard InChI is InChI=1S/C9H3F14NO3/c1-26-2(25)3(10,11)4(12,5(13,14)15)24-6(16,17)8(20,21)27-9(22,23)7(24,18)19/h1H3. The zero-order valence-electron chi connectivity index (χ0n) is 12.0. The number of nitrogens with zero attached hydrogens (tertiary/aromatic N) is 1. The Hall–Kier alpha value is -1.59. The van der Waals surface area contributed by atoms with Crippen LogP contribution in [0.4, 0.5) is 61.5 Å². The Morgan fingerprint density at radius 3 is 1.41 bits per heavy atom. The van der Waals surface area contributed by atoms with E-state index in [1.165, 1.54) is 0 Å². The number of hydrogen-bond acceptors (Lipinski definition) is 4. The zero-order valence-corrected chi connectivity index (χ0v) is 12.0. The minimum atomic E-state index is -7.81. The average Bonchev–Trinajstić information content (AvgIpc) is 2.41. The fraction of sp³-hybridized carbons (Fsp3) is 0.889. The molecule has 0 saturated carbocycles. The molecule has 1 unspecified atom stereocenters. The first-order chi connectivity index (χ1) is 11.6. The van der Waals surface area contributed by atoms with E-state index in [-0.39, 0.29) is 7.11 Å². The van der Waals surface area contributed by atoms with Gasteiger partial charge >= 0.3 is 48.2 Å². The second kappa shape index (κ2) is 5.71. The molecule has 27 heavy (non-hydrogen) atoms. The van der Waals surface area contributed by atoms with Crippen LogP contribution in [0.25, 0.3) is 0 Å². The number of carbonyl (C=O) groups excluding carboxylic acids is 1. The number of ether oxygens (including phenoxy) is 2. The van der Waals surface area contributed by atoms with Gasteiger partial charge in [-0.3, -0.25) is 0 Å². The molecule has 0 bridgehead atoms. The predicted molar refractivity (Wildman–Crippen MR) is 49.6 cm³/mol. The average molecular weight is 439 g/mol. The van der Waals surface area contributed by atoms with Gasteiger partial charge in [0.1, 0.15) is 0 Å². The van der Waals surface area contributed by atoms with E-state index in [1.807, 2.05) is 0 Å². The molecule has 1 fully saturated rings. The first-order valence-corrected chi connectivity index (χ1v) is 5.79. The molecule has 0 aromatic rings. The van der Waals surface area contributed by atoms with Crippen LogP contribution in [0.3, 0.4) is 0 Å². The molecule has 1 heterocycles. The maximum absolute atomic E-state index is 14.1. The summed E-state index contributed by atoms with van der Waals surface area (Å²) < 4.78 is 190. The Labute approximate surface area is 137 Å². The van der Waals surface area contributed by atoms with E-state index in [0.717, 1.165) is 0 Å². The van der Waals surface area contributed by atoms with E-state index in [2.05, 4.69) is 4.74 Å². The lowest BCUT2D eigenvalue weighted by atomic mass is 10.0. The van der Waals surface area contributed by atoms with Crippen molar-refractivity contribution in [3.05, 3.63) is 0 Å². The van der Waals surface area contributed by atoms with Crippen molar-refractivity contribution < 1.29 is 75.7 Å². The summed E-state index contributed by atoms with van der Waals surface area (Å²) in [5.74, 6) is -18.7. The van der Waals surface area contributed by atoms with E-state index in [9.17, 15) is 66.3 Å². The normalized spacial score (nSPS) is 26.9. The molecule has 1 atom stereocenters. The Morgan fingerprint density at radius 2 is 1.15 bits per heavy atom. The second-order valence-corrected chi connectivity index (χ2v) is 4.74. The number of halogens is 14. The van der Waals surface area contributed by atoms with E-state index >= 15 is 0 Å². The number of carbonyl (C=O) groups is 1. The number of rotatable bonds is 3. The maximum Gasteiger partial charge on any atom is 0.444 e. The molecule has 0 N–H and O–H groups in total. The highest BCUT2D eigenvalue weighted by Gasteiger charge is 2.94. The lowest BCUT2D eigenvalue weighted by molar-refractivity contribution is -0.594. The summed E-state index contributed by atoms with van der Waals surface area (Å²) in [6, 6.07) is -14.9. The van der Waals surface area contributed by atoms with E-state index < -0.39 is 53.1 Å². The van der Waals surface area contributed by atoms with E-state index in [4.69, 9.17) is 0 Å². The number of methoxy groups -OCH3 is 1. The molecule has 0 radical (unpaired) electrons. The van der Waals surface area contributed by atoms with Crippen LogP contribution in [0.5, 0.6) is 0 Å². The Balaban J connectivity index is 4.01. The molecular formula is C9H3F14NO3. The minimum absolute atomic E-state index is 0.203. The minimum Gasteiger partial charge on any atom is -0.464 e. The summed E-state index contributed by atoms with van der Waals surface area (Å²) in [6.07, 6.45) is -21.8. The van der Waals surface area contributed by atoms with Gasteiger partial charge in [-0.2, -0.15) is 57.1 Å². The Kier molecular flexibility index (Phi) is 4.96. The molecule has 1 saturated heterocycles. The number of hydrogen-bond donors (Lipinski definition) is 0. The topological polar surface area (TPSA) is 38.8 Å². The first kappa shape index (κ1) is 23.4. The summed E-state index contributed by atoms with van der Waals surface area (Å²) in [6.45, 7) is 0. The van der Waals surface area contributed by atoms with Crippen LogP contribution in [0.1, 0.15) is 0 Å². The van der Waals surface area contributed by atoms with Gasteiger partial charge in [0.15, 0.2) is 0 Å². The molecule has 0 spiro atoms. The van der Waals surface area contributed by atoms with Gasteiger partial charge in [0.2, 0.25) is 0 Å². The maximum atomic E-state index is 14.1. The molecule has 0 aromatic heterocycles. The molecule has 1 aliphatic rings. The summed E-state index contributed by atoms with van der Waals surface area (Å²) in [7, 11) is -0.203. The van der Waals surface area contributed by atoms with Crippen molar-refractivity contribution in [2.75, 3.05) is 7.11 Å². The highest BCUT2D eigenvalue weighted by atomic mass is 19.4. The van der Waals surface area contributed by atoms with Crippen molar-refractivity contribution in [3.63, 3.8) is 0 Å². The molecule has 18 heteroatoms. The summed E-state index contributed by atoms with van der Waals surface area (Å²) in [5.41, 5.74) is 0. The van der Waals surface area contributed by atoms with Gasteiger partial charge in [-0.05, 0) is 0 Å². The van der Waals surface area contributed by atoms with Gasteiger partial charge in [0, 0.05) is 0 Å². The predicted octanol–water partition coefficient (Wildman–Crippen LogP) is 3.73. The van der Waals surface area contributed by atoms with Gasteiger partial charge in [-0.15, -0.1) is 4.90 Å². The fourth-order valence-electron chi connectivity index (χ4n) is 1.82. The highest BCUT2D eigenvalue weighted by molar-refractivity contribution is 5.79. The van der Waals surface area contributed by atoms with Crippen molar-refractivity contribution in [3.8, 4) is 0 Å². The van der Waals surface area contributed by atoms with E-state index in [1.54, 1.807) is 4.74 Å². The van der Waals surface area contributed by atoms with Crippen molar-refractivity contribution >= 4 is 5.97 Å². The SMILES string of the molecule is COC(=O)C(F)(F)C(F)(N1C(F)(F)C(F)(F)OC(F)(F)C1(F)F)C(F)(F)F. The summed E-state index contributed by atoms with van der Waals surface area (Å²) in [4.78, 5) is 6.53. The van der Waals surface area contributed by atoms with Gasteiger partial charge in [0.25, 0.3) is 0 Å². The molecular weight excluding hydrogens is 436 g/mol. The molecule has 0 aromatic carbocycles. The highest BCUT2D eigenvalue weighted by Crippen LogP contribution is 2.63. The molecule has 4 nitrogen and oxygen atoms in total. The lowest BCUT2D eigenvalue weighted by Crippen LogP contribution is -2.84. The quantitative estimate of drug-likeness (QED) is 0.382. The third-order valence-electron chi connectivity index (χ3n) is 3.06. The van der Waals surface area contributed by atoms with Crippen LogP contribution < -0.4 is 0 Å². The van der Waals surface area contributed by atoms with Crippen molar-refractivity contribution in [2.45, 2.75) is 42.2 Å². The number of alkyl halides is 14. The molecule has 1 aliphatic heterocycles. The zero-order chi connectivity index (χ0) is 22.1. The van der Waals surface area contributed by atoms with Crippen LogP contribution >= 0.6 is 0 Å². The molecule has 1 rings (SSSR count). The van der Waals surface area contributed by atoms with Crippen molar-refractivity contribution in [1.29, 1.82) is 0 Å². The van der Waals surface area contributed by atoms with Crippen LogP contribution in [0.15, 0.2) is 0 Å². The van der Waals surface area contributed by atoms with Crippen molar-refractivity contribution in [2.24, 2.45) is 0 Å². The molecule has 160 valence electrons. The van der Waals surface area contributed by atoms with Crippen LogP contribution in [0.2, 0.25) is 0 Å². The molecule has 0 amide bonds. The number of morpholine rings is 1. The molecule has 0 aliphatic carbocycles. The third kappa shape index (κ3) is 2.78. The lowest BCUT2D eigenvalue weighted by Gasteiger charge is -2.52. The number of esters is 1. The monoisotopic (exact) mass is 439 g/mol. The summed E-state index contributed by atoms with van der Waals surface area (Å²) in [5, 5.41) is 0. The Morgan fingerprint density at radius 1 is 0.815 bits per heavy atom. The van der Waals surface area contributed by atoms with Crippen molar-refractivity contribution in [1.82, 2.24) is 4.90 Å². The Bertz CT molecular complexity index is 589. The van der Waals surface area contributed by atoms with Gasteiger partial charge in [0.05, 0.1) is 7.11 Å². The first-order valence-electron chi connectivity index (χ1n) is 5.79. The van der Waals surface area contributed by atoms with Crippen LogP contribution in [0, 0.1) is 0 Å².